The van der Waals surface area contributed by atoms with Gasteiger partial charge in [0.05, 0.1) is 6.10 Å². The first-order valence-corrected chi connectivity index (χ1v) is 11.9. The molecule has 0 saturated heterocycles. The molecule has 0 radical (unpaired) electrons. The van der Waals surface area contributed by atoms with Crippen LogP contribution in [-0.4, -0.2) is 17.0 Å². The lowest BCUT2D eigenvalue weighted by Crippen LogP contribution is -2.35. The first-order valence-electron chi connectivity index (χ1n) is 11.9. The van der Waals surface area contributed by atoms with Gasteiger partial charge in [0.15, 0.2) is 5.78 Å². The zero-order valence-electron chi connectivity index (χ0n) is 18.7. The van der Waals surface area contributed by atoms with Crippen LogP contribution in [0.1, 0.15) is 98.3 Å². The third-order valence-electron chi connectivity index (χ3n) is 8.19. The van der Waals surface area contributed by atoms with Crippen LogP contribution in [0, 0.1) is 29.1 Å². The zero-order chi connectivity index (χ0) is 20.3. The molecule has 0 aromatic rings. The van der Waals surface area contributed by atoms with E-state index in [4.69, 9.17) is 0 Å². The van der Waals surface area contributed by atoms with Crippen molar-refractivity contribution in [1.82, 2.24) is 0 Å². The number of ketones is 1. The first-order chi connectivity index (χ1) is 13.3. The second kappa shape index (κ2) is 9.28. The van der Waals surface area contributed by atoms with Gasteiger partial charge >= 0.3 is 0 Å². The molecule has 0 bridgehead atoms. The minimum Gasteiger partial charge on any atom is -0.393 e. The highest BCUT2D eigenvalue weighted by atomic mass is 16.3. The summed E-state index contributed by atoms with van der Waals surface area (Å²) in [6.07, 6.45) is 16.3. The second-order valence-corrected chi connectivity index (χ2v) is 10.7. The third kappa shape index (κ3) is 4.99. The Bertz CT molecular complexity index is 614. The molecule has 0 aromatic heterocycles. The number of carbonyl (C=O) groups excluding carboxylic acids is 1. The Morgan fingerprint density at radius 1 is 1.07 bits per heavy atom. The highest BCUT2D eigenvalue weighted by Gasteiger charge is 2.49. The molecule has 28 heavy (non-hydrogen) atoms. The predicted octanol–water partition coefficient (Wildman–Crippen LogP) is 6.63. The van der Waals surface area contributed by atoms with Crippen LogP contribution in [0.2, 0.25) is 0 Å². The summed E-state index contributed by atoms with van der Waals surface area (Å²) in [5.41, 5.74) is 2.81. The Hall–Kier alpha value is -0.890. The molecule has 5 atom stereocenters. The fourth-order valence-corrected chi connectivity index (χ4v) is 6.46. The minimum absolute atomic E-state index is 0.236. The number of hydrogen-bond acceptors (Lipinski definition) is 2. The maximum Gasteiger partial charge on any atom is 0.159 e. The van der Waals surface area contributed by atoms with Crippen LogP contribution in [-0.2, 0) is 4.79 Å². The summed E-state index contributed by atoms with van der Waals surface area (Å²) in [4.78, 5) is 12.1. The van der Waals surface area contributed by atoms with Crippen LogP contribution in [0.15, 0.2) is 23.3 Å². The highest BCUT2D eigenvalue weighted by molar-refractivity contribution is 5.96. The largest absolute Gasteiger partial charge is 0.393 e. The van der Waals surface area contributed by atoms with Gasteiger partial charge in [-0.15, -0.1) is 0 Å². The Morgan fingerprint density at radius 2 is 1.86 bits per heavy atom. The quantitative estimate of drug-likeness (QED) is 0.520. The van der Waals surface area contributed by atoms with E-state index in [1.165, 1.54) is 56.9 Å². The lowest BCUT2D eigenvalue weighted by Gasteiger charge is -2.44. The number of carbonyl (C=O) groups is 1. The SMILES string of the molecule is CC(C)CCC[C@@H](C)[C@H]1CC[C@H]2CC/C(=C\C=C3\C[C@@H](O)CCC3=O)C[C@@]21C. The van der Waals surface area contributed by atoms with Gasteiger partial charge in [-0.25, -0.2) is 0 Å². The van der Waals surface area contributed by atoms with E-state index in [-0.39, 0.29) is 11.9 Å². The molecule has 0 amide bonds. The fraction of sp³-hybridized carbons (Fsp3) is 0.808. The van der Waals surface area contributed by atoms with Crippen molar-refractivity contribution in [2.45, 2.75) is 104 Å². The van der Waals surface area contributed by atoms with Gasteiger partial charge in [0, 0.05) is 12.8 Å². The van der Waals surface area contributed by atoms with E-state index in [1.54, 1.807) is 0 Å². The number of Topliss-reactive ketones (excluding diaryl/α,β-unsaturated/α-hetero) is 1. The van der Waals surface area contributed by atoms with E-state index in [1.807, 2.05) is 6.08 Å². The molecule has 0 aliphatic heterocycles. The standard InChI is InChI=1S/C26H42O2/c1-18(2)6-5-7-19(3)24-14-12-22-11-9-20(17-26(22,24)4)8-10-21-16-23(27)13-15-25(21)28/h8,10,18-19,22-24,27H,5-7,9,11-17H2,1-4H3/b20-8+,21-10-/t19-,22-,23+,24-,26+/m1/s1. The molecular weight excluding hydrogens is 344 g/mol. The van der Waals surface area contributed by atoms with Crippen LogP contribution in [0.3, 0.4) is 0 Å². The average molecular weight is 387 g/mol. The predicted molar refractivity (Wildman–Crippen MR) is 117 cm³/mol. The van der Waals surface area contributed by atoms with E-state index >= 15 is 0 Å². The van der Waals surface area contributed by atoms with Crippen molar-refractivity contribution in [2.75, 3.05) is 0 Å². The monoisotopic (exact) mass is 386 g/mol. The third-order valence-corrected chi connectivity index (χ3v) is 8.19. The van der Waals surface area contributed by atoms with Crippen molar-refractivity contribution >= 4 is 5.78 Å². The van der Waals surface area contributed by atoms with Gasteiger partial charge in [0.2, 0.25) is 0 Å². The topological polar surface area (TPSA) is 37.3 Å². The van der Waals surface area contributed by atoms with Crippen LogP contribution in [0.4, 0.5) is 0 Å². The smallest absolute Gasteiger partial charge is 0.159 e. The lowest BCUT2D eigenvalue weighted by molar-refractivity contribution is -0.117. The summed E-state index contributed by atoms with van der Waals surface area (Å²) in [5.74, 6) is 3.60. The molecule has 1 N–H and O–H groups in total. The maximum atomic E-state index is 12.1. The summed E-state index contributed by atoms with van der Waals surface area (Å²) >= 11 is 0. The van der Waals surface area contributed by atoms with Crippen molar-refractivity contribution in [1.29, 1.82) is 0 Å². The van der Waals surface area contributed by atoms with E-state index in [0.717, 1.165) is 29.2 Å². The molecule has 3 aliphatic rings. The van der Waals surface area contributed by atoms with Crippen LogP contribution >= 0.6 is 0 Å². The molecule has 3 saturated carbocycles. The minimum atomic E-state index is -0.332. The summed E-state index contributed by atoms with van der Waals surface area (Å²) in [6.45, 7) is 9.73. The molecule has 3 aliphatic carbocycles. The molecule has 0 spiro atoms. The maximum absolute atomic E-state index is 12.1. The summed E-state index contributed by atoms with van der Waals surface area (Å²) < 4.78 is 0. The van der Waals surface area contributed by atoms with Crippen molar-refractivity contribution in [3.63, 3.8) is 0 Å². The normalized spacial score (nSPS) is 37.6. The van der Waals surface area contributed by atoms with Gasteiger partial charge in [-0.05, 0) is 73.2 Å². The van der Waals surface area contributed by atoms with E-state index < -0.39 is 0 Å². The number of rotatable bonds is 6. The van der Waals surface area contributed by atoms with E-state index in [2.05, 4.69) is 33.8 Å². The average Bonchev–Trinajstić information content (AvgIpc) is 2.98. The number of hydrogen-bond donors (Lipinski definition) is 1. The van der Waals surface area contributed by atoms with Crippen LogP contribution in [0.5, 0.6) is 0 Å². The van der Waals surface area contributed by atoms with Gasteiger partial charge in [-0.3, -0.25) is 4.79 Å². The Kier molecular flexibility index (Phi) is 7.23. The van der Waals surface area contributed by atoms with Crippen molar-refractivity contribution < 1.29 is 9.90 Å². The van der Waals surface area contributed by atoms with Crippen molar-refractivity contribution in [3.8, 4) is 0 Å². The molecule has 0 heterocycles. The Morgan fingerprint density at radius 3 is 2.61 bits per heavy atom. The lowest BCUT2D eigenvalue weighted by atomic mass is 9.61. The Labute approximate surface area is 172 Å². The molecule has 2 heteroatoms. The van der Waals surface area contributed by atoms with Gasteiger partial charge < -0.3 is 5.11 Å². The highest BCUT2D eigenvalue weighted by Crippen LogP contribution is 2.59. The molecule has 3 fully saturated rings. The summed E-state index contributed by atoms with van der Waals surface area (Å²) in [6, 6.07) is 0. The summed E-state index contributed by atoms with van der Waals surface area (Å²) in [7, 11) is 0. The van der Waals surface area contributed by atoms with E-state index in [0.29, 0.717) is 24.7 Å². The van der Waals surface area contributed by atoms with Gasteiger partial charge in [0.25, 0.3) is 0 Å². The van der Waals surface area contributed by atoms with Crippen molar-refractivity contribution in [3.05, 3.63) is 23.3 Å². The summed E-state index contributed by atoms with van der Waals surface area (Å²) in [5, 5.41) is 9.89. The first kappa shape index (κ1) is 21.8. The zero-order valence-corrected chi connectivity index (χ0v) is 18.7. The number of aliphatic hydroxyl groups excluding tert-OH is 1. The second-order valence-electron chi connectivity index (χ2n) is 10.7. The number of fused-ring (bicyclic) bond motifs is 1. The molecular formula is C26H42O2. The molecule has 2 nitrogen and oxygen atoms in total. The van der Waals surface area contributed by atoms with Gasteiger partial charge in [-0.2, -0.15) is 0 Å². The van der Waals surface area contributed by atoms with Gasteiger partial charge in [-0.1, -0.05) is 64.7 Å². The van der Waals surface area contributed by atoms with Crippen LogP contribution in [0.25, 0.3) is 0 Å². The number of allylic oxidation sites excluding steroid dienone is 3. The number of aliphatic hydroxyl groups is 1. The van der Waals surface area contributed by atoms with Crippen LogP contribution < -0.4 is 0 Å². The molecule has 0 unspecified atom stereocenters. The van der Waals surface area contributed by atoms with Crippen molar-refractivity contribution in [2.24, 2.45) is 29.1 Å². The molecule has 0 aromatic carbocycles. The molecule has 158 valence electrons. The van der Waals surface area contributed by atoms with E-state index in [9.17, 15) is 9.90 Å². The fourth-order valence-electron chi connectivity index (χ4n) is 6.46. The molecule has 3 rings (SSSR count). The van der Waals surface area contributed by atoms with Gasteiger partial charge in [0.1, 0.15) is 0 Å². The Balaban J connectivity index is 1.66.